The van der Waals surface area contributed by atoms with Gasteiger partial charge in [0, 0.05) is 15.4 Å². The van der Waals surface area contributed by atoms with Crippen molar-refractivity contribution >= 4 is 26.8 Å². The maximum Gasteiger partial charge on any atom is 0.143 e. The Balaban J connectivity index is 2.25. The average molecular weight is 291 g/mol. The van der Waals surface area contributed by atoms with Gasteiger partial charge in [-0.15, -0.1) is 0 Å². The molecule has 2 aromatic heterocycles. The van der Waals surface area contributed by atoms with Crippen LogP contribution in [0.5, 0.6) is 0 Å². The first-order valence-corrected chi connectivity index (χ1v) is 6.16. The molecule has 0 bridgehead atoms. The second kappa shape index (κ2) is 3.74. The Labute approximate surface area is 107 Å². The third-order valence-corrected chi connectivity index (χ3v) is 3.38. The molecule has 0 spiro atoms. The molecule has 0 aliphatic carbocycles. The molecule has 0 saturated heterocycles. The van der Waals surface area contributed by atoms with Crippen LogP contribution in [0.3, 0.4) is 0 Å². The molecule has 0 fully saturated rings. The number of aromatic amines is 1. The summed E-state index contributed by atoms with van der Waals surface area (Å²) < 4.78 is 6.27. The van der Waals surface area contributed by atoms with Gasteiger partial charge >= 0.3 is 0 Å². The third kappa shape index (κ3) is 1.69. The summed E-state index contributed by atoms with van der Waals surface area (Å²) in [6.07, 6.45) is 0. The first-order valence-electron chi connectivity index (χ1n) is 5.36. The Morgan fingerprint density at radius 2 is 2.06 bits per heavy atom. The molecule has 1 N–H and O–H groups in total. The summed E-state index contributed by atoms with van der Waals surface area (Å²) >= 11 is 3.47. The summed E-state index contributed by atoms with van der Waals surface area (Å²) in [5.74, 6) is 0.841. The lowest BCUT2D eigenvalue weighted by molar-refractivity contribution is 0.393. The number of benzene rings is 1. The normalized spacial score (nSPS) is 11.2. The van der Waals surface area contributed by atoms with Gasteiger partial charge in [-0.3, -0.25) is 0 Å². The van der Waals surface area contributed by atoms with Crippen LogP contribution in [0.1, 0.15) is 11.5 Å². The molecule has 17 heavy (non-hydrogen) atoms. The molecule has 1 aromatic carbocycles. The number of hydrogen-bond acceptors (Lipinski definition) is 2. The Morgan fingerprint density at radius 3 is 2.76 bits per heavy atom. The van der Waals surface area contributed by atoms with Crippen LogP contribution in [0.15, 0.2) is 33.3 Å². The number of nitrogens with one attached hydrogen (secondary N) is 1. The summed E-state index contributed by atoms with van der Waals surface area (Å²) in [7, 11) is 0. The van der Waals surface area contributed by atoms with Crippen LogP contribution in [0.2, 0.25) is 0 Å². The predicted molar refractivity (Wildman–Crippen MR) is 71.0 cm³/mol. The average Bonchev–Trinajstić information content (AvgIpc) is 2.81. The lowest BCUT2D eigenvalue weighted by atomic mass is 10.1. The Morgan fingerprint density at radius 1 is 1.24 bits per heavy atom. The van der Waals surface area contributed by atoms with Crippen molar-refractivity contribution in [2.45, 2.75) is 13.8 Å². The number of halogens is 1. The van der Waals surface area contributed by atoms with E-state index in [1.54, 1.807) is 0 Å². The lowest BCUT2D eigenvalue weighted by Crippen LogP contribution is -1.80. The maximum atomic E-state index is 5.19. The summed E-state index contributed by atoms with van der Waals surface area (Å²) in [6.45, 7) is 3.88. The molecule has 0 amide bonds. The minimum absolute atomic E-state index is 0.841. The molecule has 3 rings (SSSR count). The predicted octanol–water partition coefficient (Wildman–Crippen LogP) is 4.20. The smallest absolute Gasteiger partial charge is 0.143 e. The zero-order valence-electron chi connectivity index (χ0n) is 9.54. The Bertz CT molecular complexity index is 677. The van der Waals surface area contributed by atoms with Crippen LogP contribution in [-0.4, -0.2) is 10.1 Å². The first-order chi connectivity index (χ1) is 8.15. The summed E-state index contributed by atoms with van der Waals surface area (Å²) in [5, 5.41) is 5.15. The zero-order valence-corrected chi connectivity index (χ0v) is 11.1. The van der Waals surface area contributed by atoms with Crippen LogP contribution in [0.25, 0.3) is 22.2 Å². The second-order valence-electron chi connectivity index (χ2n) is 4.11. The zero-order chi connectivity index (χ0) is 12.0. The van der Waals surface area contributed by atoms with Crippen molar-refractivity contribution in [3.05, 3.63) is 40.2 Å². The number of aryl methyl sites for hydroxylation is 2. The van der Waals surface area contributed by atoms with E-state index >= 15 is 0 Å². The van der Waals surface area contributed by atoms with Crippen molar-refractivity contribution < 1.29 is 4.52 Å². The van der Waals surface area contributed by atoms with Crippen molar-refractivity contribution in [3.63, 3.8) is 0 Å². The Hall–Kier alpha value is -1.55. The second-order valence-corrected chi connectivity index (χ2v) is 5.03. The van der Waals surface area contributed by atoms with E-state index in [1.807, 2.05) is 19.9 Å². The molecule has 0 radical (unpaired) electrons. The third-order valence-electron chi connectivity index (χ3n) is 2.89. The van der Waals surface area contributed by atoms with Crippen LogP contribution in [0, 0.1) is 13.8 Å². The minimum Gasteiger partial charge on any atom is -0.361 e. The number of H-pyrrole nitrogens is 1. The highest BCUT2D eigenvalue weighted by Crippen LogP contribution is 2.30. The van der Waals surface area contributed by atoms with Gasteiger partial charge in [-0.05, 0) is 38.1 Å². The fourth-order valence-corrected chi connectivity index (χ4v) is 2.48. The van der Waals surface area contributed by atoms with Crippen LogP contribution in [-0.2, 0) is 0 Å². The molecule has 2 heterocycles. The highest BCUT2D eigenvalue weighted by molar-refractivity contribution is 9.10. The topological polar surface area (TPSA) is 41.8 Å². The quantitative estimate of drug-likeness (QED) is 0.730. The van der Waals surface area contributed by atoms with E-state index < -0.39 is 0 Å². The van der Waals surface area contributed by atoms with Gasteiger partial charge < -0.3 is 9.51 Å². The van der Waals surface area contributed by atoms with Crippen LogP contribution < -0.4 is 0 Å². The van der Waals surface area contributed by atoms with Gasteiger partial charge in [0.2, 0.25) is 0 Å². The van der Waals surface area contributed by atoms with Gasteiger partial charge in [0.05, 0.1) is 17.0 Å². The highest BCUT2D eigenvalue weighted by Gasteiger charge is 2.13. The van der Waals surface area contributed by atoms with Gasteiger partial charge in [-0.2, -0.15) is 0 Å². The molecule has 0 unspecified atom stereocenters. The summed E-state index contributed by atoms with van der Waals surface area (Å²) in [6, 6.07) is 8.29. The Kier molecular flexibility index (Phi) is 2.33. The SMILES string of the molecule is Cc1noc(C)c1-c1cc2cc(Br)ccc2[nH]1. The van der Waals surface area contributed by atoms with Crippen molar-refractivity contribution in [1.29, 1.82) is 0 Å². The van der Waals surface area contributed by atoms with Crippen molar-refractivity contribution in [1.82, 2.24) is 10.1 Å². The first kappa shape index (κ1) is 10.6. The fraction of sp³-hybridized carbons (Fsp3) is 0.154. The van der Waals surface area contributed by atoms with E-state index in [0.29, 0.717) is 0 Å². The molecular weight excluding hydrogens is 280 g/mol. The van der Waals surface area contributed by atoms with E-state index in [1.165, 1.54) is 5.39 Å². The molecule has 0 saturated carbocycles. The lowest BCUT2D eigenvalue weighted by Gasteiger charge is -1.94. The van der Waals surface area contributed by atoms with Crippen LogP contribution >= 0.6 is 15.9 Å². The molecular formula is C13H11BrN2O. The summed E-state index contributed by atoms with van der Waals surface area (Å²) in [5.41, 5.74) is 4.13. The number of hydrogen-bond donors (Lipinski definition) is 1. The monoisotopic (exact) mass is 290 g/mol. The van der Waals surface area contributed by atoms with E-state index in [0.717, 1.165) is 32.7 Å². The highest BCUT2D eigenvalue weighted by atomic mass is 79.9. The molecule has 0 atom stereocenters. The van der Waals surface area contributed by atoms with E-state index in [9.17, 15) is 0 Å². The molecule has 0 aliphatic heterocycles. The van der Waals surface area contributed by atoms with Gasteiger partial charge in [0.1, 0.15) is 5.76 Å². The number of rotatable bonds is 1. The van der Waals surface area contributed by atoms with Gasteiger partial charge in [-0.25, -0.2) is 0 Å². The van der Waals surface area contributed by atoms with Crippen molar-refractivity contribution in [2.24, 2.45) is 0 Å². The molecule has 3 nitrogen and oxygen atoms in total. The van der Waals surface area contributed by atoms with E-state index in [-0.39, 0.29) is 0 Å². The van der Waals surface area contributed by atoms with Crippen molar-refractivity contribution in [2.75, 3.05) is 0 Å². The maximum absolute atomic E-state index is 5.19. The van der Waals surface area contributed by atoms with Crippen molar-refractivity contribution in [3.8, 4) is 11.3 Å². The fourth-order valence-electron chi connectivity index (χ4n) is 2.11. The van der Waals surface area contributed by atoms with Crippen LogP contribution in [0.4, 0.5) is 0 Å². The standard InChI is InChI=1S/C13H11BrN2O/c1-7-13(8(2)17-16-7)12-6-9-5-10(14)3-4-11(9)15-12/h3-6,15H,1-2H3. The molecule has 0 aliphatic rings. The largest absolute Gasteiger partial charge is 0.361 e. The number of aromatic nitrogens is 2. The number of fused-ring (bicyclic) bond motifs is 1. The minimum atomic E-state index is 0.841. The molecule has 3 aromatic rings. The summed E-state index contributed by atoms with van der Waals surface area (Å²) in [4.78, 5) is 3.39. The van der Waals surface area contributed by atoms with E-state index in [2.05, 4.69) is 44.3 Å². The number of nitrogens with zero attached hydrogens (tertiary/aromatic N) is 1. The van der Waals surface area contributed by atoms with E-state index in [4.69, 9.17) is 4.52 Å². The molecule has 86 valence electrons. The molecule has 4 heteroatoms. The van der Waals surface area contributed by atoms with Gasteiger partial charge in [0.15, 0.2) is 0 Å². The van der Waals surface area contributed by atoms with Gasteiger partial charge in [-0.1, -0.05) is 21.1 Å². The van der Waals surface area contributed by atoms with Gasteiger partial charge in [0.25, 0.3) is 0 Å².